The van der Waals surface area contributed by atoms with E-state index >= 15 is 0 Å². The van der Waals surface area contributed by atoms with E-state index in [9.17, 15) is 19.5 Å². The number of nitrogens with zero attached hydrogens (tertiary/aromatic N) is 2. The predicted octanol–water partition coefficient (Wildman–Crippen LogP) is 1.29. The number of fused-ring (bicyclic) bond motifs is 6. The van der Waals surface area contributed by atoms with Crippen LogP contribution < -0.4 is 26.1 Å². The number of aromatic nitrogens is 2. The molecule has 3 aliphatic rings. The van der Waals surface area contributed by atoms with Gasteiger partial charge < -0.3 is 34.9 Å². The van der Waals surface area contributed by atoms with Crippen LogP contribution in [-0.4, -0.2) is 46.4 Å². The minimum absolute atomic E-state index is 0.0674. The van der Waals surface area contributed by atoms with Crippen molar-refractivity contribution >= 4 is 28.9 Å². The Morgan fingerprint density at radius 1 is 1.21 bits per heavy atom. The van der Waals surface area contributed by atoms with E-state index < -0.39 is 11.6 Å². The van der Waals surface area contributed by atoms with E-state index in [2.05, 4.69) is 5.32 Å². The molecule has 0 radical (unpaired) electrons. The van der Waals surface area contributed by atoms with Crippen LogP contribution in [0.2, 0.25) is 0 Å². The average molecular weight is 519 g/mol. The van der Waals surface area contributed by atoms with Crippen molar-refractivity contribution in [2.75, 3.05) is 19.9 Å². The van der Waals surface area contributed by atoms with Gasteiger partial charge in [0.25, 0.3) is 5.56 Å². The maximum Gasteiger partial charge on any atom is 0.343 e. The molecule has 0 fully saturated rings. The van der Waals surface area contributed by atoms with Crippen molar-refractivity contribution in [1.82, 2.24) is 14.9 Å². The lowest BCUT2D eigenvalue weighted by atomic mass is 9.86. The summed E-state index contributed by atoms with van der Waals surface area (Å²) in [6.45, 7) is 2.22. The van der Waals surface area contributed by atoms with Gasteiger partial charge in [0.05, 0.1) is 35.6 Å². The molecular formula is C27H26N4O7. The number of nitrogens with two attached hydrogens (primary N) is 1. The Bertz CT molecular complexity index is 1610. The number of cyclic esters (lactones) is 1. The Kier molecular flexibility index (Phi) is 5.69. The van der Waals surface area contributed by atoms with Crippen molar-refractivity contribution in [2.45, 2.75) is 38.5 Å². The minimum atomic E-state index is -1.90. The highest BCUT2D eigenvalue weighted by atomic mass is 16.7. The van der Waals surface area contributed by atoms with E-state index in [0.717, 1.165) is 16.5 Å². The van der Waals surface area contributed by atoms with Crippen molar-refractivity contribution in [3.63, 3.8) is 0 Å². The smallest absolute Gasteiger partial charge is 0.343 e. The zero-order chi connectivity index (χ0) is 26.6. The first-order valence-corrected chi connectivity index (χ1v) is 12.4. The molecule has 11 heteroatoms. The molecule has 1 amide bonds. The minimum Gasteiger partial charge on any atom is -0.458 e. The number of rotatable bonds is 6. The number of carbonyl (C=O) groups excluding carboxylic acids is 2. The van der Waals surface area contributed by atoms with Gasteiger partial charge in [-0.1, -0.05) is 19.1 Å². The zero-order valence-corrected chi connectivity index (χ0v) is 20.7. The van der Waals surface area contributed by atoms with E-state index in [-0.39, 0.29) is 55.5 Å². The van der Waals surface area contributed by atoms with Crippen LogP contribution in [0.15, 0.2) is 29.1 Å². The molecule has 0 saturated carbocycles. The average Bonchev–Trinajstić information content (AvgIpc) is 3.53. The molecule has 0 saturated heterocycles. The number of benzene rings is 1. The van der Waals surface area contributed by atoms with Gasteiger partial charge in [-0.25, -0.2) is 9.78 Å². The van der Waals surface area contributed by atoms with Gasteiger partial charge in [0.2, 0.25) is 12.7 Å². The topological polar surface area (TPSA) is 155 Å². The molecule has 0 unspecified atom stereocenters. The molecular weight excluding hydrogens is 492 g/mol. The van der Waals surface area contributed by atoms with E-state index in [4.69, 9.17) is 24.9 Å². The van der Waals surface area contributed by atoms with E-state index in [1.165, 1.54) is 0 Å². The predicted molar refractivity (Wildman–Crippen MR) is 136 cm³/mol. The second-order valence-corrected chi connectivity index (χ2v) is 9.42. The normalized spacial score (nSPS) is 18.9. The zero-order valence-electron chi connectivity index (χ0n) is 20.7. The van der Waals surface area contributed by atoms with Crippen LogP contribution in [0.3, 0.4) is 0 Å². The molecule has 38 heavy (non-hydrogen) atoms. The van der Waals surface area contributed by atoms with Gasteiger partial charge in [0.1, 0.15) is 6.61 Å². The molecule has 0 bridgehead atoms. The highest BCUT2D eigenvalue weighted by molar-refractivity contribution is 5.95. The Labute approximate surface area is 216 Å². The fraction of sp³-hybridized carbons (Fsp3) is 0.333. The van der Waals surface area contributed by atoms with Gasteiger partial charge >= 0.3 is 5.97 Å². The molecule has 6 rings (SSSR count). The van der Waals surface area contributed by atoms with Crippen molar-refractivity contribution < 1.29 is 28.9 Å². The summed E-state index contributed by atoms with van der Waals surface area (Å²) in [5.41, 5.74) is 7.09. The lowest BCUT2D eigenvalue weighted by molar-refractivity contribution is -0.172. The number of aliphatic hydroxyl groups is 1. The summed E-state index contributed by atoms with van der Waals surface area (Å²) >= 11 is 0. The fourth-order valence-corrected chi connectivity index (χ4v) is 5.26. The van der Waals surface area contributed by atoms with Gasteiger partial charge in [-0.15, -0.1) is 0 Å². The van der Waals surface area contributed by atoms with Crippen molar-refractivity contribution in [3.05, 3.63) is 56.9 Å². The van der Waals surface area contributed by atoms with Gasteiger partial charge in [0, 0.05) is 29.1 Å². The lowest BCUT2D eigenvalue weighted by Crippen LogP contribution is -2.44. The molecule has 0 aliphatic carbocycles. The van der Waals surface area contributed by atoms with E-state index in [1.54, 1.807) is 23.6 Å². The van der Waals surface area contributed by atoms with Crippen molar-refractivity contribution in [2.24, 2.45) is 5.73 Å². The first-order chi connectivity index (χ1) is 18.4. The first-order valence-electron chi connectivity index (χ1n) is 12.4. The SMILES string of the molecule is CC[C@@]1(O)C(=O)OCc2c1cc1n(c2=O)Cc2c-1nc1cc3c(cc1c2/C=C/CCNC(=O)CN)OCO3. The van der Waals surface area contributed by atoms with Gasteiger partial charge in [-0.05, 0) is 30.5 Å². The Morgan fingerprint density at radius 2 is 2.00 bits per heavy atom. The number of esters is 1. The van der Waals surface area contributed by atoms with E-state index in [0.29, 0.717) is 41.4 Å². The molecule has 1 atom stereocenters. The number of ether oxygens (including phenoxy) is 3. The molecule has 196 valence electrons. The first kappa shape index (κ1) is 24.1. The molecule has 4 N–H and O–H groups in total. The maximum absolute atomic E-state index is 13.6. The van der Waals surface area contributed by atoms with Gasteiger partial charge in [-0.3, -0.25) is 9.59 Å². The fourth-order valence-electron chi connectivity index (χ4n) is 5.26. The second kappa shape index (κ2) is 8.96. The number of pyridine rings is 2. The van der Waals surface area contributed by atoms with Crippen molar-refractivity contribution in [1.29, 1.82) is 0 Å². The Hall–Kier alpha value is -4.22. The van der Waals surface area contributed by atoms with Crippen LogP contribution in [0.5, 0.6) is 11.5 Å². The van der Waals surface area contributed by atoms with Crippen LogP contribution in [0, 0.1) is 0 Å². The van der Waals surface area contributed by atoms with E-state index in [1.807, 2.05) is 18.2 Å². The van der Waals surface area contributed by atoms with Gasteiger partial charge in [-0.2, -0.15) is 0 Å². The summed E-state index contributed by atoms with van der Waals surface area (Å²) in [5.74, 6) is 0.193. The summed E-state index contributed by atoms with van der Waals surface area (Å²) in [6, 6.07) is 5.36. The standard InChI is InChI=1S/C27H26N4O7/c1-2-27(35)18-8-20-24-16(11-31(20)25(33)17(18)12-36-26(27)34)14(5-3-4-6-29-23(32)10-28)15-7-21-22(38-13-37-21)9-19(15)30-24/h3,5,7-9,35H,2,4,6,10-13,28H2,1H3,(H,29,32)/b5-3+/t27-/m0/s1. The second-order valence-electron chi connectivity index (χ2n) is 9.42. The third-order valence-corrected chi connectivity index (χ3v) is 7.33. The highest BCUT2D eigenvalue weighted by Crippen LogP contribution is 2.43. The summed E-state index contributed by atoms with van der Waals surface area (Å²) in [5, 5.41) is 14.7. The van der Waals surface area contributed by atoms with Gasteiger partial charge in [0.15, 0.2) is 17.1 Å². The molecule has 11 nitrogen and oxygen atoms in total. The van der Waals surface area contributed by atoms with Crippen LogP contribution in [0.25, 0.3) is 28.4 Å². The largest absolute Gasteiger partial charge is 0.458 e. The third kappa shape index (κ3) is 3.57. The highest BCUT2D eigenvalue weighted by Gasteiger charge is 2.45. The van der Waals surface area contributed by atoms with Crippen LogP contribution >= 0.6 is 0 Å². The Balaban J connectivity index is 1.51. The quantitative estimate of drug-likeness (QED) is 0.253. The Morgan fingerprint density at radius 3 is 2.76 bits per heavy atom. The van der Waals surface area contributed by atoms with Crippen LogP contribution in [0.1, 0.15) is 42.0 Å². The number of hydrogen-bond acceptors (Lipinski definition) is 9. The molecule has 5 heterocycles. The number of nitrogens with one attached hydrogen (secondary N) is 1. The number of hydrogen-bond donors (Lipinski definition) is 3. The molecule has 1 aromatic carbocycles. The third-order valence-electron chi connectivity index (χ3n) is 7.33. The molecule has 0 spiro atoms. The summed E-state index contributed by atoms with van der Waals surface area (Å²) in [6.07, 6.45) is 4.53. The van der Waals surface area contributed by atoms with Crippen LogP contribution in [0.4, 0.5) is 0 Å². The molecule has 2 aromatic heterocycles. The van der Waals surface area contributed by atoms with Crippen molar-refractivity contribution in [3.8, 4) is 22.9 Å². The number of amides is 1. The monoisotopic (exact) mass is 518 g/mol. The summed E-state index contributed by atoms with van der Waals surface area (Å²) < 4.78 is 17.9. The van der Waals surface area contributed by atoms with Crippen LogP contribution in [-0.2, 0) is 33.1 Å². The molecule has 3 aliphatic heterocycles. The number of carbonyl (C=O) groups is 2. The maximum atomic E-state index is 13.6. The lowest BCUT2D eigenvalue weighted by Gasteiger charge is -2.31. The molecule has 3 aromatic rings. The summed E-state index contributed by atoms with van der Waals surface area (Å²) in [4.78, 5) is 42.4. The summed E-state index contributed by atoms with van der Waals surface area (Å²) in [7, 11) is 0.